The van der Waals surface area contributed by atoms with E-state index in [1.165, 1.54) is 6.07 Å². The molecule has 0 aliphatic heterocycles. The maximum atomic E-state index is 12.3. The SMILES string of the molecule is CC(C(=O)NCc1ccccc1OCC(F)(F)F)C(N)c1ccccc1. The average Bonchev–Trinajstić information content (AvgIpc) is 2.64. The second kappa shape index (κ2) is 8.71. The molecule has 2 aromatic rings. The number of nitrogens with one attached hydrogen (secondary N) is 1. The monoisotopic (exact) mass is 366 g/mol. The number of rotatable bonds is 7. The van der Waals surface area contributed by atoms with E-state index in [1.807, 2.05) is 30.3 Å². The Kier molecular flexibility index (Phi) is 6.63. The van der Waals surface area contributed by atoms with Gasteiger partial charge in [-0.25, -0.2) is 0 Å². The number of ether oxygens (including phenoxy) is 1. The number of benzene rings is 2. The topological polar surface area (TPSA) is 64.3 Å². The van der Waals surface area contributed by atoms with Crippen LogP contribution in [0.2, 0.25) is 0 Å². The fourth-order valence-electron chi connectivity index (χ4n) is 2.42. The second-order valence-electron chi connectivity index (χ2n) is 5.95. The number of alkyl halides is 3. The summed E-state index contributed by atoms with van der Waals surface area (Å²) >= 11 is 0. The summed E-state index contributed by atoms with van der Waals surface area (Å²) in [5.41, 5.74) is 7.42. The molecular weight excluding hydrogens is 345 g/mol. The molecule has 0 aliphatic rings. The van der Waals surface area contributed by atoms with Gasteiger partial charge < -0.3 is 15.8 Å². The first-order chi connectivity index (χ1) is 12.3. The van der Waals surface area contributed by atoms with Gasteiger partial charge in [-0.15, -0.1) is 0 Å². The summed E-state index contributed by atoms with van der Waals surface area (Å²) in [4.78, 5) is 12.3. The number of carbonyl (C=O) groups is 1. The molecule has 1 amide bonds. The quantitative estimate of drug-likeness (QED) is 0.787. The van der Waals surface area contributed by atoms with Gasteiger partial charge in [0.05, 0.1) is 5.92 Å². The molecule has 0 aliphatic carbocycles. The van der Waals surface area contributed by atoms with Crippen LogP contribution >= 0.6 is 0 Å². The largest absolute Gasteiger partial charge is 0.484 e. The molecule has 0 fully saturated rings. The zero-order chi connectivity index (χ0) is 19.2. The van der Waals surface area contributed by atoms with Crippen LogP contribution < -0.4 is 15.8 Å². The van der Waals surface area contributed by atoms with Crippen molar-refractivity contribution in [3.8, 4) is 5.75 Å². The molecule has 2 atom stereocenters. The van der Waals surface area contributed by atoms with Crippen molar-refractivity contribution in [2.24, 2.45) is 11.7 Å². The van der Waals surface area contributed by atoms with Gasteiger partial charge in [0.2, 0.25) is 5.91 Å². The van der Waals surface area contributed by atoms with Gasteiger partial charge in [-0.1, -0.05) is 55.5 Å². The van der Waals surface area contributed by atoms with Crippen molar-refractivity contribution in [1.82, 2.24) is 5.32 Å². The molecule has 0 saturated carbocycles. The van der Waals surface area contributed by atoms with E-state index >= 15 is 0 Å². The molecule has 0 saturated heterocycles. The van der Waals surface area contributed by atoms with E-state index in [-0.39, 0.29) is 18.2 Å². The Hall–Kier alpha value is -2.54. The van der Waals surface area contributed by atoms with Crippen LogP contribution in [0.5, 0.6) is 5.75 Å². The van der Waals surface area contributed by atoms with Crippen LogP contribution in [-0.4, -0.2) is 18.7 Å². The standard InChI is InChI=1S/C19H21F3N2O2/c1-13(17(23)14-7-3-2-4-8-14)18(25)24-11-15-9-5-6-10-16(15)26-12-19(20,21)22/h2-10,13,17H,11-12,23H2,1H3,(H,24,25). The van der Waals surface area contributed by atoms with Crippen molar-refractivity contribution in [1.29, 1.82) is 0 Å². The highest BCUT2D eigenvalue weighted by molar-refractivity contribution is 5.79. The number of hydrogen-bond acceptors (Lipinski definition) is 3. The van der Waals surface area contributed by atoms with Crippen molar-refractivity contribution in [2.45, 2.75) is 25.7 Å². The van der Waals surface area contributed by atoms with E-state index in [9.17, 15) is 18.0 Å². The molecule has 2 unspecified atom stereocenters. The lowest BCUT2D eigenvalue weighted by molar-refractivity contribution is -0.153. The highest BCUT2D eigenvalue weighted by Gasteiger charge is 2.29. The zero-order valence-corrected chi connectivity index (χ0v) is 14.3. The van der Waals surface area contributed by atoms with Gasteiger partial charge in [-0.2, -0.15) is 13.2 Å². The first-order valence-electron chi connectivity index (χ1n) is 8.13. The lowest BCUT2D eigenvalue weighted by Crippen LogP contribution is -2.35. The first kappa shape index (κ1) is 19.8. The Bertz CT molecular complexity index is 720. The fraction of sp³-hybridized carbons (Fsp3) is 0.316. The Morgan fingerprint density at radius 3 is 2.38 bits per heavy atom. The third-order valence-electron chi connectivity index (χ3n) is 3.95. The molecule has 140 valence electrons. The molecule has 3 N–H and O–H groups in total. The summed E-state index contributed by atoms with van der Waals surface area (Å²) in [7, 11) is 0. The third kappa shape index (κ3) is 5.77. The maximum absolute atomic E-state index is 12.3. The van der Waals surface area contributed by atoms with E-state index in [0.29, 0.717) is 5.56 Å². The van der Waals surface area contributed by atoms with Crippen molar-refractivity contribution in [3.63, 3.8) is 0 Å². The van der Waals surface area contributed by atoms with Crippen molar-refractivity contribution in [2.75, 3.05) is 6.61 Å². The van der Waals surface area contributed by atoms with Crippen LogP contribution in [0, 0.1) is 5.92 Å². The second-order valence-corrected chi connectivity index (χ2v) is 5.95. The molecule has 2 rings (SSSR count). The van der Waals surface area contributed by atoms with E-state index in [1.54, 1.807) is 25.1 Å². The van der Waals surface area contributed by atoms with Gasteiger partial charge in [-0.3, -0.25) is 4.79 Å². The van der Waals surface area contributed by atoms with Crippen LogP contribution in [0.1, 0.15) is 24.1 Å². The van der Waals surface area contributed by atoms with Crippen molar-refractivity contribution < 1.29 is 22.7 Å². The number of para-hydroxylation sites is 1. The molecule has 0 aromatic heterocycles. The number of carbonyl (C=O) groups excluding carboxylic acids is 1. The Morgan fingerprint density at radius 1 is 1.12 bits per heavy atom. The summed E-state index contributed by atoms with van der Waals surface area (Å²) < 4.78 is 41.8. The van der Waals surface area contributed by atoms with Gasteiger partial charge in [0.1, 0.15) is 5.75 Å². The number of halogens is 3. The van der Waals surface area contributed by atoms with Crippen molar-refractivity contribution in [3.05, 3.63) is 65.7 Å². The van der Waals surface area contributed by atoms with E-state index in [4.69, 9.17) is 10.5 Å². The van der Waals surface area contributed by atoms with E-state index in [2.05, 4.69) is 5.32 Å². The van der Waals surface area contributed by atoms with Gasteiger partial charge in [0.25, 0.3) is 0 Å². The van der Waals surface area contributed by atoms with Crippen LogP contribution in [0.15, 0.2) is 54.6 Å². The molecule has 7 heteroatoms. The molecular formula is C19H21F3N2O2. The third-order valence-corrected chi connectivity index (χ3v) is 3.95. The predicted octanol–water partition coefficient (Wildman–Crippen LogP) is 3.58. The predicted molar refractivity (Wildman–Crippen MR) is 92.4 cm³/mol. The minimum atomic E-state index is -4.42. The lowest BCUT2D eigenvalue weighted by atomic mass is 9.94. The summed E-state index contributed by atoms with van der Waals surface area (Å²) in [5, 5.41) is 2.71. The van der Waals surface area contributed by atoms with Gasteiger partial charge >= 0.3 is 6.18 Å². The lowest BCUT2D eigenvalue weighted by Gasteiger charge is -2.20. The molecule has 26 heavy (non-hydrogen) atoms. The molecule has 0 heterocycles. The number of nitrogens with two attached hydrogens (primary N) is 1. The minimum absolute atomic E-state index is 0.0543. The molecule has 0 radical (unpaired) electrons. The number of amides is 1. The average molecular weight is 366 g/mol. The normalized spacial score (nSPS) is 13.7. The Labute approximate surface area is 150 Å². The summed E-state index contributed by atoms with van der Waals surface area (Å²) in [6.45, 7) is 0.380. The molecule has 2 aromatic carbocycles. The fourth-order valence-corrected chi connectivity index (χ4v) is 2.42. The summed E-state index contributed by atoms with van der Waals surface area (Å²) in [6, 6.07) is 15.0. The first-order valence-corrected chi connectivity index (χ1v) is 8.13. The van der Waals surface area contributed by atoms with Gasteiger partial charge in [0.15, 0.2) is 6.61 Å². The smallest absolute Gasteiger partial charge is 0.422 e. The highest BCUT2D eigenvalue weighted by Crippen LogP contribution is 2.23. The van der Waals surface area contributed by atoms with Gasteiger partial charge in [-0.05, 0) is 11.6 Å². The highest BCUT2D eigenvalue weighted by atomic mass is 19.4. The number of hydrogen-bond donors (Lipinski definition) is 2. The van der Waals surface area contributed by atoms with Crippen LogP contribution in [-0.2, 0) is 11.3 Å². The van der Waals surface area contributed by atoms with Gasteiger partial charge in [0, 0.05) is 18.2 Å². The van der Waals surface area contributed by atoms with Crippen LogP contribution in [0.4, 0.5) is 13.2 Å². The van der Waals surface area contributed by atoms with E-state index in [0.717, 1.165) is 5.56 Å². The Morgan fingerprint density at radius 2 is 1.73 bits per heavy atom. The van der Waals surface area contributed by atoms with Crippen molar-refractivity contribution >= 4 is 5.91 Å². The van der Waals surface area contributed by atoms with E-state index < -0.39 is 24.7 Å². The summed E-state index contributed by atoms with van der Waals surface area (Å²) in [6.07, 6.45) is -4.42. The molecule has 4 nitrogen and oxygen atoms in total. The maximum Gasteiger partial charge on any atom is 0.422 e. The minimum Gasteiger partial charge on any atom is -0.484 e. The van der Waals surface area contributed by atoms with Crippen LogP contribution in [0.3, 0.4) is 0 Å². The van der Waals surface area contributed by atoms with Crippen LogP contribution in [0.25, 0.3) is 0 Å². The summed E-state index contributed by atoms with van der Waals surface area (Å²) in [5.74, 6) is -0.697. The molecule has 0 bridgehead atoms. The molecule has 0 spiro atoms. The zero-order valence-electron chi connectivity index (χ0n) is 14.3. The Balaban J connectivity index is 1.96.